The molecule has 1 rings (SSSR count). The number of carbonyl (C=O) groups is 2. The lowest BCUT2D eigenvalue weighted by Crippen LogP contribution is -2.45. The number of carbonyl (C=O) groups excluding carboxylic acids is 2. The van der Waals surface area contributed by atoms with E-state index < -0.39 is 12.0 Å². The lowest BCUT2D eigenvalue weighted by atomic mass is 10.1. The van der Waals surface area contributed by atoms with Gasteiger partial charge in [0.25, 0.3) is 5.91 Å². The van der Waals surface area contributed by atoms with Crippen LogP contribution in [0.2, 0.25) is 0 Å². The standard InChI is InChI=1S/C6H9NO3/c1-7-5(9)3-2-4(8)6(7)10/h4,8H,2-3H2,1H3. The number of hydrogen-bond donors (Lipinski definition) is 1. The Labute approximate surface area is 58.4 Å². The molecule has 0 aliphatic carbocycles. The molecule has 1 atom stereocenters. The first-order valence-electron chi connectivity index (χ1n) is 3.11. The summed E-state index contributed by atoms with van der Waals surface area (Å²) in [5.74, 6) is -0.702. The summed E-state index contributed by atoms with van der Waals surface area (Å²) >= 11 is 0. The summed E-state index contributed by atoms with van der Waals surface area (Å²) in [6.07, 6.45) is -0.437. The predicted molar refractivity (Wildman–Crippen MR) is 33.0 cm³/mol. The fraction of sp³-hybridized carbons (Fsp3) is 0.667. The van der Waals surface area contributed by atoms with Gasteiger partial charge in [0, 0.05) is 13.5 Å². The van der Waals surface area contributed by atoms with E-state index >= 15 is 0 Å². The minimum absolute atomic E-state index is 0.213. The third-order valence-corrected chi connectivity index (χ3v) is 1.62. The van der Waals surface area contributed by atoms with Gasteiger partial charge in [-0.1, -0.05) is 0 Å². The molecule has 0 aromatic rings. The molecule has 1 N–H and O–H groups in total. The summed E-state index contributed by atoms with van der Waals surface area (Å²) in [4.78, 5) is 22.5. The zero-order valence-corrected chi connectivity index (χ0v) is 5.70. The molecule has 0 radical (unpaired) electrons. The van der Waals surface area contributed by atoms with Gasteiger partial charge in [-0.3, -0.25) is 14.5 Å². The largest absolute Gasteiger partial charge is 0.383 e. The van der Waals surface area contributed by atoms with Crippen LogP contribution >= 0.6 is 0 Å². The van der Waals surface area contributed by atoms with Gasteiger partial charge in [0.05, 0.1) is 0 Å². The van der Waals surface area contributed by atoms with Crippen molar-refractivity contribution < 1.29 is 14.7 Å². The number of piperidine rings is 1. The number of amides is 2. The Kier molecular flexibility index (Phi) is 1.72. The van der Waals surface area contributed by atoms with Crippen LogP contribution in [0.3, 0.4) is 0 Å². The number of hydrogen-bond acceptors (Lipinski definition) is 3. The van der Waals surface area contributed by atoms with Gasteiger partial charge in [-0.05, 0) is 6.42 Å². The SMILES string of the molecule is CN1C(=O)CCC(O)C1=O. The van der Waals surface area contributed by atoms with Crippen LogP contribution in [-0.4, -0.2) is 35.0 Å². The second-order valence-electron chi connectivity index (χ2n) is 2.35. The molecule has 0 spiro atoms. The molecular formula is C6H9NO3. The van der Waals surface area contributed by atoms with E-state index in [-0.39, 0.29) is 18.7 Å². The summed E-state index contributed by atoms with van der Waals surface area (Å²) in [6.45, 7) is 0. The normalized spacial score (nSPS) is 27.4. The molecule has 1 fully saturated rings. The first kappa shape index (κ1) is 7.21. The number of rotatable bonds is 0. The van der Waals surface area contributed by atoms with Crippen LogP contribution in [0.4, 0.5) is 0 Å². The third-order valence-electron chi connectivity index (χ3n) is 1.62. The van der Waals surface area contributed by atoms with Crippen LogP contribution in [0.5, 0.6) is 0 Å². The van der Waals surface area contributed by atoms with Crippen LogP contribution in [0.1, 0.15) is 12.8 Å². The van der Waals surface area contributed by atoms with Gasteiger partial charge in [0.1, 0.15) is 6.10 Å². The summed E-state index contributed by atoms with van der Waals surface area (Å²) in [6, 6.07) is 0. The van der Waals surface area contributed by atoms with Crippen molar-refractivity contribution in [3.63, 3.8) is 0 Å². The van der Waals surface area contributed by atoms with Gasteiger partial charge in [0.2, 0.25) is 5.91 Å². The van der Waals surface area contributed by atoms with E-state index in [4.69, 9.17) is 5.11 Å². The molecule has 0 saturated carbocycles. The van der Waals surface area contributed by atoms with Crippen molar-refractivity contribution in [1.82, 2.24) is 4.90 Å². The van der Waals surface area contributed by atoms with Crippen LogP contribution in [0, 0.1) is 0 Å². The molecule has 0 aromatic heterocycles. The zero-order chi connectivity index (χ0) is 7.72. The van der Waals surface area contributed by atoms with E-state index in [1.807, 2.05) is 0 Å². The molecule has 0 aromatic carbocycles. The van der Waals surface area contributed by atoms with E-state index in [1.54, 1.807) is 0 Å². The van der Waals surface area contributed by atoms with Gasteiger partial charge in [-0.15, -0.1) is 0 Å². The highest BCUT2D eigenvalue weighted by atomic mass is 16.3. The quantitative estimate of drug-likeness (QED) is 0.448. The highest BCUT2D eigenvalue weighted by Gasteiger charge is 2.29. The molecular weight excluding hydrogens is 134 g/mol. The molecule has 0 bridgehead atoms. The Bertz CT molecular complexity index is 178. The Hall–Kier alpha value is -0.900. The van der Waals surface area contributed by atoms with Crippen molar-refractivity contribution in [2.24, 2.45) is 0 Å². The summed E-state index contributed by atoms with van der Waals surface area (Å²) < 4.78 is 0. The van der Waals surface area contributed by atoms with Crippen LogP contribution in [-0.2, 0) is 9.59 Å². The Morgan fingerprint density at radius 1 is 1.60 bits per heavy atom. The number of imide groups is 1. The second kappa shape index (κ2) is 2.38. The molecule has 4 nitrogen and oxygen atoms in total. The molecule has 1 unspecified atom stereocenters. The minimum atomic E-state index is -0.970. The molecule has 56 valence electrons. The van der Waals surface area contributed by atoms with E-state index in [2.05, 4.69) is 0 Å². The number of nitrogens with zero attached hydrogens (tertiary/aromatic N) is 1. The lowest BCUT2D eigenvalue weighted by Gasteiger charge is -2.23. The summed E-state index contributed by atoms with van der Waals surface area (Å²) in [5.41, 5.74) is 0. The highest BCUT2D eigenvalue weighted by Crippen LogP contribution is 2.10. The molecule has 1 aliphatic rings. The van der Waals surface area contributed by atoms with Crippen molar-refractivity contribution in [3.8, 4) is 0 Å². The van der Waals surface area contributed by atoms with Crippen LogP contribution < -0.4 is 0 Å². The smallest absolute Gasteiger partial charge is 0.257 e. The average Bonchev–Trinajstić information content (AvgIpc) is 1.93. The predicted octanol–water partition coefficient (Wildman–Crippen LogP) is -0.874. The molecule has 1 aliphatic heterocycles. The van der Waals surface area contributed by atoms with Crippen LogP contribution in [0.25, 0.3) is 0 Å². The molecule has 1 heterocycles. The second-order valence-corrected chi connectivity index (χ2v) is 2.35. The fourth-order valence-corrected chi connectivity index (χ4v) is 0.898. The van der Waals surface area contributed by atoms with E-state index in [1.165, 1.54) is 7.05 Å². The van der Waals surface area contributed by atoms with Gasteiger partial charge < -0.3 is 5.11 Å². The Balaban J connectivity index is 2.70. The van der Waals surface area contributed by atoms with Crippen molar-refractivity contribution in [2.45, 2.75) is 18.9 Å². The topological polar surface area (TPSA) is 57.6 Å². The maximum atomic E-state index is 10.8. The van der Waals surface area contributed by atoms with Crippen molar-refractivity contribution in [3.05, 3.63) is 0 Å². The maximum absolute atomic E-state index is 10.8. The summed E-state index contributed by atoms with van der Waals surface area (Å²) in [5, 5.41) is 8.92. The molecule has 4 heteroatoms. The Morgan fingerprint density at radius 3 is 2.70 bits per heavy atom. The highest BCUT2D eigenvalue weighted by molar-refractivity contribution is 5.99. The number of likely N-dealkylation sites (N-methyl/N-ethyl adjacent to an activating group) is 1. The first-order valence-corrected chi connectivity index (χ1v) is 3.11. The van der Waals surface area contributed by atoms with E-state index in [9.17, 15) is 9.59 Å². The lowest BCUT2D eigenvalue weighted by molar-refractivity contribution is -0.153. The monoisotopic (exact) mass is 143 g/mol. The average molecular weight is 143 g/mol. The maximum Gasteiger partial charge on any atom is 0.257 e. The van der Waals surface area contributed by atoms with Crippen molar-refractivity contribution >= 4 is 11.8 Å². The Morgan fingerprint density at radius 2 is 2.20 bits per heavy atom. The molecule has 10 heavy (non-hydrogen) atoms. The summed E-state index contributed by atoms with van der Waals surface area (Å²) in [7, 11) is 1.38. The molecule has 2 amide bonds. The number of aliphatic hydroxyl groups is 1. The number of likely N-dealkylation sites (tertiary alicyclic amines) is 1. The minimum Gasteiger partial charge on any atom is -0.383 e. The van der Waals surface area contributed by atoms with Gasteiger partial charge in [-0.25, -0.2) is 0 Å². The third kappa shape index (κ3) is 1.02. The van der Waals surface area contributed by atoms with Crippen molar-refractivity contribution in [2.75, 3.05) is 7.05 Å². The van der Waals surface area contributed by atoms with Gasteiger partial charge >= 0.3 is 0 Å². The van der Waals surface area contributed by atoms with Gasteiger partial charge in [-0.2, -0.15) is 0 Å². The first-order chi connectivity index (χ1) is 4.63. The molecule has 1 saturated heterocycles. The van der Waals surface area contributed by atoms with E-state index in [0.717, 1.165) is 4.90 Å². The number of aliphatic hydroxyl groups excluding tert-OH is 1. The van der Waals surface area contributed by atoms with Crippen molar-refractivity contribution in [1.29, 1.82) is 0 Å². The van der Waals surface area contributed by atoms with Crippen LogP contribution in [0.15, 0.2) is 0 Å². The fourth-order valence-electron chi connectivity index (χ4n) is 0.898. The zero-order valence-electron chi connectivity index (χ0n) is 5.70. The van der Waals surface area contributed by atoms with E-state index in [0.29, 0.717) is 0 Å². The van der Waals surface area contributed by atoms with Gasteiger partial charge in [0.15, 0.2) is 0 Å².